The van der Waals surface area contributed by atoms with Gasteiger partial charge >= 0.3 is 0 Å². The molecule has 0 bridgehead atoms. The molecule has 0 atom stereocenters. The maximum absolute atomic E-state index is 6.07. The fraction of sp³-hybridized carbons (Fsp3) is 0.0909. The number of para-hydroxylation sites is 1. The van der Waals surface area contributed by atoms with Gasteiger partial charge in [0.1, 0.15) is 5.82 Å². The Morgan fingerprint density at radius 2 is 1.74 bits per heavy atom. The molecule has 3 aromatic carbocycles. The van der Waals surface area contributed by atoms with Gasteiger partial charge in [0, 0.05) is 22.6 Å². The first-order valence-corrected chi connectivity index (χ1v) is 9.14. The molecule has 0 amide bonds. The van der Waals surface area contributed by atoms with Crippen LogP contribution in [-0.2, 0) is 6.54 Å². The van der Waals surface area contributed by atoms with Crippen molar-refractivity contribution in [3.05, 3.63) is 88.9 Å². The zero-order valence-corrected chi connectivity index (χ0v) is 15.7. The summed E-state index contributed by atoms with van der Waals surface area (Å²) < 4.78 is 0. The van der Waals surface area contributed by atoms with Crippen LogP contribution >= 0.6 is 11.6 Å². The van der Waals surface area contributed by atoms with Crippen LogP contribution in [0.2, 0.25) is 5.02 Å². The van der Waals surface area contributed by atoms with Crippen LogP contribution in [0.4, 0.5) is 17.5 Å². The van der Waals surface area contributed by atoms with Crippen LogP contribution in [0.1, 0.15) is 11.1 Å². The van der Waals surface area contributed by atoms with Gasteiger partial charge in [0.05, 0.1) is 5.52 Å². The fourth-order valence-electron chi connectivity index (χ4n) is 2.97. The Hall–Kier alpha value is -3.11. The highest BCUT2D eigenvalue weighted by atomic mass is 35.5. The first-order chi connectivity index (χ1) is 13.2. The van der Waals surface area contributed by atoms with Crippen LogP contribution in [0, 0.1) is 6.92 Å². The van der Waals surface area contributed by atoms with E-state index in [0.29, 0.717) is 17.5 Å². The molecule has 0 saturated heterocycles. The van der Waals surface area contributed by atoms with Crippen molar-refractivity contribution in [3.8, 4) is 0 Å². The SMILES string of the molecule is Cc1cccc(CNc2nc(Nc3cccc(Cl)c3)nc3ccccc23)c1. The van der Waals surface area contributed by atoms with Crippen molar-refractivity contribution in [3.63, 3.8) is 0 Å². The number of anilines is 3. The molecule has 1 heterocycles. The van der Waals surface area contributed by atoms with E-state index >= 15 is 0 Å². The van der Waals surface area contributed by atoms with Crippen molar-refractivity contribution in [1.82, 2.24) is 9.97 Å². The number of rotatable bonds is 5. The molecule has 0 aliphatic heterocycles. The van der Waals surface area contributed by atoms with Gasteiger partial charge in [-0.1, -0.05) is 59.6 Å². The van der Waals surface area contributed by atoms with Crippen molar-refractivity contribution in [1.29, 1.82) is 0 Å². The second-order valence-electron chi connectivity index (χ2n) is 6.39. The van der Waals surface area contributed by atoms with E-state index in [4.69, 9.17) is 11.6 Å². The summed E-state index contributed by atoms with van der Waals surface area (Å²) in [5, 5.41) is 8.34. The maximum Gasteiger partial charge on any atom is 0.229 e. The summed E-state index contributed by atoms with van der Waals surface area (Å²) in [5.74, 6) is 1.33. The number of fused-ring (bicyclic) bond motifs is 1. The summed E-state index contributed by atoms with van der Waals surface area (Å²) in [4.78, 5) is 9.31. The largest absolute Gasteiger partial charge is 0.365 e. The second kappa shape index (κ2) is 7.64. The topological polar surface area (TPSA) is 49.8 Å². The monoisotopic (exact) mass is 374 g/mol. The highest BCUT2D eigenvalue weighted by Crippen LogP contribution is 2.25. The smallest absolute Gasteiger partial charge is 0.229 e. The zero-order chi connectivity index (χ0) is 18.6. The van der Waals surface area contributed by atoms with Crippen LogP contribution in [-0.4, -0.2) is 9.97 Å². The van der Waals surface area contributed by atoms with Gasteiger partial charge in [-0.2, -0.15) is 4.98 Å². The van der Waals surface area contributed by atoms with Gasteiger partial charge in [-0.05, 0) is 42.8 Å². The molecule has 0 unspecified atom stereocenters. The van der Waals surface area contributed by atoms with Gasteiger partial charge in [0.25, 0.3) is 0 Å². The third kappa shape index (κ3) is 4.18. The summed E-state index contributed by atoms with van der Waals surface area (Å²) >= 11 is 6.07. The molecule has 27 heavy (non-hydrogen) atoms. The number of hydrogen-bond donors (Lipinski definition) is 2. The second-order valence-corrected chi connectivity index (χ2v) is 6.83. The van der Waals surface area contributed by atoms with E-state index in [2.05, 4.69) is 51.8 Å². The highest BCUT2D eigenvalue weighted by molar-refractivity contribution is 6.30. The Labute approximate surface area is 163 Å². The molecule has 0 spiro atoms. The molecule has 0 aliphatic carbocycles. The standard InChI is InChI=1S/C22H19ClN4/c1-15-6-4-7-16(12-15)14-24-21-19-10-2-3-11-20(19)26-22(27-21)25-18-9-5-8-17(23)13-18/h2-13H,14H2,1H3,(H2,24,25,26,27). The first-order valence-electron chi connectivity index (χ1n) is 8.76. The van der Waals surface area contributed by atoms with Crippen LogP contribution in [0.15, 0.2) is 72.8 Å². The minimum atomic E-state index is 0.530. The van der Waals surface area contributed by atoms with E-state index in [1.807, 2.05) is 48.5 Å². The third-order valence-corrected chi connectivity index (χ3v) is 4.46. The predicted molar refractivity (Wildman–Crippen MR) is 113 cm³/mol. The van der Waals surface area contributed by atoms with Gasteiger partial charge in [0.2, 0.25) is 5.95 Å². The summed E-state index contributed by atoms with van der Waals surface area (Å²) in [6, 6.07) is 23.9. The van der Waals surface area contributed by atoms with E-state index in [9.17, 15) is 0 Å². The van der Waals surface area contributed by atoms with E-state index in [-0.39, 0.29) is 0 Å². The average Bonchev–Trinajstić information content (AvgIpc) is 2.66. The number of aryl methyl sites for hydroxylation is 1. The number of nitrogens with zero attached hydrogens (tertiary/aromatic N) is 2. The van der Waals surface area contributed by atoms with Crippen molar-refractivity contribution in [2.45, 2.75) is 13.5 Å². The third-order valence-electron chi connectivity index (χ3n) is 4.23. The lowest BCUT2D eigenvalue weighted by Crippen LogP contribution is -2.06. The Bertz CT molecular complexity index is 1090. The lowest BCUT2D eigenvalue weighted by atomic mass is 10.1. The number of halogens is 1. The molecule has 2 N–H and O–H groups in total. The number of nitrogens with one attached hydrogen (secondary N) is 2. The first kappa shape index (κ1) is 17.3. The molecule has 4 aromatic rings. The average molecular weight is 375 g/mol. The molecular weight excluding hydrogens is 356 g/mol. The molecule has 0 fully saturated rings. The number of aromatic nitrogens is 2. The Morgan fingerprint density at radius 1 is 0.889 bits per heavy atom. The highest BCUT2D eigenvalue weighted by Gasteiger charge is 2.08. The van der Waals surface area contributed by atoms with E-state index in [0.717, 1.165) is 22.4 Å². The van der Waals surface area contributed by atoms with E-state index in [1.165, 1.54) is 11.1 Å². The van der Waals surface area contributed by atoms with Crippen molar-refractivity contribution < 1.29 is 0 Å². The van der Waals surface area contributed by atoms with Crippen LogP contribution in [0.25, 0.3) is 10.9 Å². The molecule has 134 valence electrons. The molecule has 4 rings (SSSR count). The van der Waals surface area contributed by atoms with Gasteiger partial charge < -0.3 is 10.6 Å². The fourth-order valence-corrected chi connectivity index (χ4v) is 3.16. The van der Waals surface area contributed by atoms with E-state index < -0.39 is 0 Å². The van der Waals surface area contributed by atoms with Crippen molar-refractivity contribution in [2.24, 2.45) is 0 Å². The molecule has 0 radical (unpaired) electrons. The zero-order valence-electron chi connectivity index (χ0n) is 14.9. The molecule has 5 heteroatoms. The van der Waals surface area contributed by atoms with Gasteiger partial charge in [-0.15, -0.1) is 0 Å². The molecule has 4 nitrogen and oxygen atoms in total. The van der Waals surface area contributed by atoms with Crippen LogP contribution in [0.3, 0.4) is 0 Å². The Kier molecular flexibility index (Phi) is 4.90. The molecule has 0 saturated carbocycles. The summed E-state index contributed by atoms with van der Waals surface area (Å²) in [6.45, 7) is 2.79. The normalized spacial score (nSPS) is 10.7. The summed E-state index contributed by atoms with van der Waals surface area (Å²) in [6.07, 6.45) is 0. The minimum Gasteiger partial charge on any atom is -0.365 e. The summed E-state index contributed by atoms with van der Waals surface area (Å²) in [7, 11) is 0. The molecular formula is C22H19ClN4. The molecule has 0 aliphatic rings. The van der Waals surface area contributed by atoms with Crippen LogP contribution in [0.5, 0.6) is 0 Å². The van der Waals surface area contributed by atoms with E-state index in [1.54, 1.807) is 0 Å². The minimum absolute atomic E-state index is 0.530. The summed E-state index contributed by atoms with van der Waals surface area (Å²) in [5.41, 5.74) is 4.18. The van der Waals surface area contributed by atoms with Gasteiger partial charge in [0.15, 0.2) is 0 Å². The molecule has 1 aromatic heterocycles. The maximum atomic E-state index is 6.07. The Balaban J connectivity index is 1.66. The van der Waals surface area contributed by atoms with Crippen LogP contribution < -0.4 is 10.6 Å². The van der Waals surface area contributed by atoms with Gasteiger partial charge in [-0.25, -0.2) is 4.98 Å². The van der Waals surface area contributed by atoms with Crippen molar-refractivity contribution >= 4 is 40.0 Å². The number of hydrogen-bond acceptors (Lipinski definition) is 4. The lowest BCUT2D eigenvalue weighted by molar-refractivity contribution is 1.10. The Morgan fingerprint density at radius 3 is 2.59 bits per heavy atom. The number of benzene rings is 3. The van der Waals surface area contributed by atoms with Crippen molar-refractivity contribution in [2.75, 3.05) is 10.6 Å². The predicted octanol–water partition coefficient (Wildman–Crippen LogP) is 5.95. The quantitative estimate of drug-likeness (QED) is 0.453. The lowest BCUT2D eigenvalue weighted by Gasteiger charge is -2.12. The van der Waals surface area contributed by atoms with Gasteiger partial charge in [-0.3, -0.25) is 0 Å².